The molecule has 2 aliphatic rings. The number of hydrogen-bond acceptors (Lipinski definition) is 2. The van der Waals surface area contributed by atoms with Crippen LogP contribution in [0.4, 0.5) is 0 Å². The Morgan fingerprint density at radius 3 is 1.23 bits per heavy atom. The highest BCUT2D eigenvalue weighted by molar-refractivity contribution is 7.00. The second kappa shape index (κ2) is 15.1. The van der Waals surface area contributed by atoms with Gasteiger partial charge in [-0.15, -0.1) is 0 Å². The molecule has 5 heteroatoms. The van der Waals surface area contributed by atoms with Crippen molar-refractivity contribution < 1.29 is 0 Å². The summed E-state index contributed by atoms with van der Waals surface area (Å²) >= 11 is 0. The van der Waals surface area contributed by atoms with Gasteiger partial charge in [-0.25, -0.2) is 9.97 Å². The Balaban J connectivity index is 1.23. The zero-order valence-corrected chi connectivity index (χ0v) is 40.9. The van der Waals surface area contributed by atoms with Crippen molar-refractivity contribution >= 4 is 66.7 Å². The molecular weight excluding hydrogens is 860 g/mol. The van der Waals surface area contributed by atoms with Gasteiger partial charge >= 0.3 is 0 Å². The highest BCUT2D eigenvalue weighted by Gasteiger charge is 2.43. The molecule has 0 radical (unpaired) electrons. The summed E-state index contributed by atoms with van der Waals surface area (Å²) in [6.07, 6.45) is 3.55. The Labute approximate surface area is 415 Å². The Morgan fingerprint density at radius 2 is 0.831 bits per heavy atom. The van der Waals surface area contributed by atoms with Gasteiger partial charge in [-0.3, -0.25) is 0 Å². The first-order valence-corrected chi connectivity index (χ1v) is 25.0. The van der Waals surface area contributed by atoms with E-state index in [1.807, 2.05) is 6.20 Å². The van der Waals surface area contributed by atoms with E-state index in [1.54, 1.807) is 6.33 Å². The summed E-state index contributed by atoms with van der Waals surface area (Å²) in [5, 5.41) is 5.12. The topological polar surface area (TPSA) is 35.6 Å². The number of benzene rings is 9. The number of rotatable bonds is 5. The van der Waals surface area contributed by atoms with Crippen LogP contribution >= 0.6 is 0 Å². The van der Waals surface area contributed by atoms with Crippen LogP contribution in [-0.4, -0.2) is 25.8 Å². The fourth-order valence-electron chi connectivity index (χ4n) is 12.1. The fraction of sp³-hybridized carbons (Fsp3) is 0.121. The quantitative estimate of drug-likeness (QED) is 0.161. The van der Waals surface area contributed by atoms with Gasteiger partial charge in [-0.1, -0.05) is 175 Å². The van der Waals surface area contributed by atoms with E-state index in [4.69, 9.17) is 4.98 Å². The summed E-state index contributed by atoms with van der Waals surface area (Å²) in [6.45, 7) is 14.2. The molecule has 2 aliphatic heterocycles. The van der Waals surface area contributed by atoms with Gasteiger partial charge in [0.15, 0.2) is 0 Å². The highest BCUT2D eigenvalue weighted by Crippen LogP contribution is 2.48. The summed E-state index contributed by atoms with van der Waals surface area (Å²) in [4.78, 5) is 9.36. The Hall–Kier alpha value is -8.28. The summed E-state index contributed by atoms with van der Waals surface area (Å²) < 4.78 is 5.27. The van der Waals surface area contributed by atoms with E-state index in [9.17, 15) is 0 Å². The first-order chi connectivity index (χ1) is 34.5. The van der Waals surface area contributed by atoms with Crippen molar-refractivity contribution in [3.8, 4) is 67.1 Å². The van der Waals surface area contributed by atoms with Gasteiger partial charge in [0.2, 0.25) is 0 Å². The SMILES string of the molecule is CC(C)(C)c1cc2c3c(c1)c1c(-c4ccccc4)cc(-c4ccccc4)cc1n3-c1cc(-c3ccncn3)cc3c1B2c1cc(C(C)(C)C)cc2c4c(-c5ccccc5)cc(-c5ccccc5)cc4n-3c12. The highest BCUT2D eigenvalue weighted by atomic mass is 15.0. The fourth-order valence-corrected chi connectivity index (χ4v) is 12.1. The molecule has 12 aromatic rings. The van der Waals surface area contributed by atoms with Crippen LogP contribution in [0.1, 0.15) is 52.7 Å². The lowest BCUT2D eigenvalue weighted by atomic mass is 9.34. The van der Waals surface area contributed by atoms with E-state index in [0.717, 1.165) is 11.3 Å². The second-order valence-corrected chi connectivity index (χ2v) is 21.8. The van der Waals surface area contributed by atoms with Crippen molar-refractivity contribution in [2.75, 3.05) is 0 Å². The van der Waals surface area contributed by atoms with Crippen LogP contribution in [-0.2, 0) is 10.8 Å². The average Bonchev–Trinajstić information content (AvgIpc) is 3.92. The van der Waals surface area contributed by atoms with Gasteiger partial charge in [-0.05, 0) is 137 Å². The maximum Gasteiger partial charge on any atom is 0.252 e. The van der Waals surface area contributed by atoms with Crippen LogP contribution in [0.25, 0.3) is 111 Å². The van der Waals surface area contributed by atoms with Gasteiger partial charge in [0.25, 0.3) is 6.71 Å². The standard InChI is InChI=1S/C66H51BN4/c1-65(2,3)47-35-51-60-49(42-23-15-9-16-24-42)29-44(40-19-11-7-12-20-40)31-56(60)70-58-33-46(55-27-28-68-39-69-55)34-59-62(58)67(53(37-47)63(51)70)54-38-48(66(4,5)6)36-52-61-50(43-25-17-10-18-26-43)30-45(41-21-13-8-14-22-41)32-57(61)71(59)64(52)54/h7-39H,1-6H3. The number of aromatic nitrogens is 4. The smallest absolute Gasteiger partial charge is 0.252 e. The molecule has 4 nitrogen and oxygen atoms in total. The van der Waals surface area contributed by atoms with E-state index in [-0.39, 0.29) is 17.5 Å². The molecule has 71 heavy (non-hydrogen) atoms. The Morgan fingerprint density at radius 1 is 0.408 bits per heavy atom. The molecule has 0 amide bonds. The van der Waals surface area contributed by atoms with E-state index in [0.29, 0.717) is 0 Å². The molecule has 0 saturated heterocycles. The van der Waals surface area contributed by atoms with Crippen molar-refractivity contribution in [2.24, 2.45) is 0 Å². The molecule has 0 spiro atoms. The average molecular weight is 911 g/mol. The minimum Gasteiger partial charge on any atom is -0.310 e. The summed E-state index contributed by atoms with van der Waals surface area (Å²) in [5.41, 5.74) is 25.4. The van der Waals surface area contributed by atoms with Crippen LogP contribution < -0.4 is 16.4 Å². The number of fused-ring (bicyclic) bond motifs is 10. The second-order valence-electron chi connectivity index (χ2n) is 21.8. The van der Waals surface area contributed by atoms with Crippen LogP contribution in [0.15, 0.2) is 201 Å². The molecule has 0 bridgehead atoms. The predicted octanol–water partition coefficient (Wildman–Crippen LogP) is 14.7. The van der Waals surface area contributed by atoms with Crippen molar-refractivity contribution in [2.45, 2.75) is 52.4 Å². The maximum absolute atomic E-state index is 4.96. The normalized spacial score (nSPS) is 12.9. The minimum atomic E-state index is -0.124. The van der Waals surface area contributed by atoms with Crippen molar-refractivity contribution in [1.82, 2.24) is 19.1 Å². The molecule has 5 heterocycles. The number of nitrogens with zero attached hydrogens (tertiary/aromatic N) is 4. The molecule has 14 rings (SSSR count). The maximum atomic E-state index is 4.96. The molecular formula is C66H51BN4. The monoisotopic (exact) mass is 910 g/mol. The first-order valence-electron chi connectivity index (χ1n) is 25.0. The number of hydrogen-bond donors (Lipinski definition) is 0. The van der Waals surface area contributed by atoms with Crippen LogP contribution in [0.3, 0.4) is 0 Å². The van der Waals surface area contributed by atoms with Gasteiger partial charge in [-0.2, -0.15) is 0 Å². The molecule has 0 fully saturated rings. The zero-order chi connectivity index (χ0) is 47.9. The largest absolute Gasteiger partial charge is 0.310 e. The van der Waals surface area contributed by atoms with E-state index >= 15 is 0 Å². The molecule has 0 unspecified atom stereocenters. The third kappa shape index (κ3) is 6.25. The summed E-state index contributed by atoms with van der Waals surface area (Å²) in [6, 6.07) is 70.7. The first kappa shape index (κ1) is 41.7. The van der Waals surface area contributed by atoms with Crippen LogP contribution in [0.2, 0.25) is 0 Å². The van der Waals surface area contributed by atoms with Gasteiger partial charge in [0, 0.05) is 55.7 Å². The third-order valence-electron chi connectivity index (χ3n) is 15.5. The van der Waals surface area contributed by atoms with Gasteiger partial charge in [0.1, 0.15) is 6.33 Å². The summed E-state index contributed by atoms with van der Waals surface area (Å²) in [7, 11) is 0. The van der Waals surface area contributed by atoms with Crippen LogP contribution in [0, 0.1) is 0 Å². The third-order valence-corrected chi connectivity index (χ3v) is 15.5. The molecule has 0 atom stereocenters. The molecule has 9 aromatic carbocycles. The molecule has 3 aromatic heterocycles. The van der Waals surface area contributed by atoms with Crippen molar-refractivity contribution in [3.63, 3.8) is 0 Å². The Bertz CT molecular complexity index is 3890. The van der Waals surface area contributed by atoms with Gasteiger partial charge in [0.05, 0.1) is 16.7 Å². The molecule has 0 aliphatic carbocycles. The lowest BCUT2D eigenvalue weighted by Crippen LogP contribution is -2.59. The lowest BCUT2D eigenvalue weighted by Gasteiger charge is -2.35. The summed E-state index contributed by atoms with van der Waals surface area (Å²) in [5.74, 6) is 0. The Kier molecular flexibility index (Phi) is 8.87. The zero-order valence-electron chi connectivity index (χ0n) is 40.9. The lowest BCUT2D eigenvalue weighted by molar-refractivity contribution is 0.591. The van der Waals surface area contributed by atoms with Crippen molar-refractivity contribution in [1.29, 1.82) is 0 Å². The van der Waals surface area contributed by atoms with E-state index in [1.165, 1.54) is 127 Å². The molecule has 0 N–H and O–H groups in total. The minimum absolute atomic E-state index is 0.0646. The van der Waals surface area contributed by atoms with E-state index < -0.39 is 0 Å². The molecule has 0 saturated carbocycles. The van der Waals surface area contributed by atoms with Crippen molar-refractivity contribution in [3.05, 3.63) is 212 Å². The van der Waals surface area contributed by atoms with E-state index in [2.05, 4.69) is 244 Å². The van der Waals surface area contributed by atoms with Crippen LogP contribution in [0.5, 0.6) is 0 Å². The molecule has 338 valence electrons. The van der Waals surface area contributed by atoms with Gasteiger partial charge < -0.3 is 9.13 Å². The predicted molar refractivity (Wildman–Crippen MR) is 300 cm³/mol.